The highest BCUT2D eigenvalue weighted by Crippen LogP contribution is 2.35. The third kappa shape index (κ3) is 3.87. The van der Waals surface area contributed by atoms with E-state index in [4.69, 9.17) is 0 Å². The Morgan fingerprint density at radius 2 is 1.97 bits per heavy atom. The Balaban J connectivity index is 1.64. The van der Waals surface area contributed by atoms with E-state index >= 15 is 0 Å². The number of nitrogens with one attached hydrogen (secondary N) is 2. The Hall–Kier alpha value is -3.63. The fraction of sp³-hybridized carbons (Fsp3) is 0.364. The van der Waals surface area contributed by atoms with Gasteiger partial charge in [-0.05, 0) is 37.3 Å². The SMILES string of the molecule is CCn1c(=O)[nH]c(=O)c2c1nc(-c1cn[nH]c1Cc1cccc(C(F)(F)F)c1)n2CC1CC1. The van der Waals surface area contributed by atoms with Crippen LogP contribution in [0.5, 0.6) is 0 Å². The first-order chi connectivity index (χ1) is 15.8. The van der Waals surface area contributed by atoms with Gasteiger partial charge in [-0.25, -0.2) is 9.78 Å². The molecule has 172 valence electrons. The van der Waals surface area contributed by atoms with Gasteiger partial charge in [-0.1, -0.05) is 18.2 Å². The number of aryl methyl sites for hydroxylation is 1. The van der Waals surface area contributed by atoms with Crippen LogP contribution in [-0.4, -0.2) is 29.3 Å². The number of hydrogen-bond donors (Lipinski definition) is 2. The standard InChI is InChI=1S/C22H21F3N6O2/c1-2-30-19-17(20(32)28-21(30)33)31(11-12-6-7-12)18(27-19)15-10-26-29-16(15)9-13-4-3-5-14(8-13)22(23,24)25/h3-5,8,10,12H,2,6-7,9,11H2,1H3,(H,26,29)(H,28,32,33). The molecule has 3 heterocycles. The van der Waals surface area contributed by atoms with E-state index < -0.39 is 23.0 Å². The lowest BCUT2D eigenvalue weighted by molar-refractivity contribution is -0.137. The summed E-state index contributed by atoms with van der Waals surface area (Å²) in [4.78, 5) is 32.0. The average Bonchev–Trinajstić information content (AvgIpc) is 3.33. The second-order valence-corrected chi connectivity index (χ2v) is 8.30. The zero-order chi connectivity index (χ0) is 23.3. The monoisotopic (exact) mass is 458 g/mol. The van der Waals surface area contributed by atoms with Gasteiger partial charge < -0.3 is 4.57 Å². The van der Waals surface area contributed by atoms with Crippen molar-refractivity contribution >= 4 is 11.2 Å². The Kier molecular flexibility index (Phi) is 4.98. The van der Waals surface area contributed by atoms with Crippen LogP contribution in [0.4, 0.5) is 13.2 Å². The minimum absolute atomic E-state index is 0.169. The van der Waals surface area contributed by atoms with Crippen molar-refractivity contribution in [2.75, 3.05) is 0 Å². The Morgan fingerprint density at radius 1 is 1.18 bits per heavy atom. The molecule has 2 N–H and O–H groups in total. The Labute approximate surface area is 185 Å². The summed E-state index contributed by atoms with van der Waals surface area (Å²) in [5.74, 6) is 0.868. The van der Waals surface area contributed by atoms with E-state index in [1.807, 2.05) is 0 Å². The molecule has 5 rings (SSSR count). The number of H-pyrrole nitrogens is 2. The van der Waals surface area contributed by atoms with E-state index in [1.165, 1.54) is 10.6 Å². The molecule has 1 aliphatic carbocycles. The van der Waals surface area contributed by atoms with E-state index in [9.17, 15) is 22.8 Å². The Morgan fingerprint density at radius 3 is 2.67 bits per heavy atom. The van der Waals surface area contributed by atoms with Crippen LogP contribution in [0.15, 0.2) is 40.1 Å². The van der Waals surface area contributed by atoms with Crippen molar-refractivity contribution in [3.63, 3.8) is 0 Å². The highest BCUT2D eigenvalue weighted by atomic mass is 19.4. The molecule has 3 aromatic heterocycles. The number of aromatic nitrogens is 6. The summed E-state index contributed by atoms with van der Waals surface area (Å²) < 4.78 is 42.6. The third-order valence-electron chi connectivity index (χ3n) is 5.93. The third-order valence-corrected chi connectivity index (χ3v) is 5.93. The van der Waals surface area contributed by atoms with Crippen LogP contribution < -0.4 is 11.2 Å². The molecule has 1 aromatic carbocycles. The second kappa shape index (κ2) is 7.75. The van der Waals surface area contributed by atoms with Crippen LogP contribution in [-0.2, 0) is 25.7 Å². The van der Waals surface area contributed by atoms with Crippen LogP contribution in [0.3, 0.4) is 0 Å². The maximum atomic E-state index is 13.1. The molecule has 8 nitrogen and oxygen atoms in total. The highest BCUT2D eigenvalue weighted by molar-refractivity contribution is 5.77. The first-order valence-electron chi connectivity index (χ1n) is 10.7. The summed E-state index contributed by atoms with van der Waals surface area (Å²) in [5, 5.41) is 6.97. The number of imidazole rings is 1. The number of nitrogens with zero attached hydrogens (tertiary/aromatic N) is 4. The summed E-state index contributed by atoms with van der Waals surface area (Å²) in [6, 6.07) is 5.13. The molecule has 33 heavy (non-hydrogen) atoms. The van der Waals surface area contributed by atoms with Gasteiger partial charge in [-0.15, -0.1) is 0 Å². The summed E-state index contributed by atoms with van der Waals surface area (Å²) >= 11 is 0. The van der Waals surface area contributed by atoms with Crippen LogP contribution >= 0.6 is 0 Å². The molecule has 1 saturated carbocycles. The van der Waals surface area contributed by atoms with E-state index in [0.29, 0.717) is 47.2 Å². The number of alkyl halides is 3. The molecule has 0 atom stereocenters. The Bertz CT molecular complexity index is 1460. The van der Waals surface area contributed by atoms with Crippen molar-refractivity contribution in [1.82, 2.24) is 29.3 Å². The molecule has 0 unspecified atom stereocenters. The fourth-order valence-electron chi connectivity index (χ4n) is 4.11. The smallest absolute Gasteiger partial charge is 0.318 e. The van der Waals surface area contributed by atoms with Crippen molar-refractivity contribution in [2.45, 2.75) is 45.5 Å². The van der Waals surface area contributed by atoms with Crippen LogP contribution in [0, 0.1) is 5.92 Å². The van der Waals surface area contributed by atoms with Gasteiger partial charge in [-0.2, -0.15) is 18.3 Å². The van der Waals surface area contributed by atoms with Gasteiger partial charge >= 0.3 is 11.9 Å². The van der Waals surface area contributed by atoms with Crippen molar-refractivity contribution < 1.29 is 13.2 Å². The molecule has 1 fully saturated rings. The highest BCUT2D eigenvalue weighted by Gasteiger charge is 2.31. The predicted molar refractivity (Wildman–Crippen MR) is 115 cm³/mol. The minimum Gasteiger partial charge on any atom is -0.318 e. The number of aromatic amines is 2. The topological polar surface area (TPSA) is 101 Å². The predicted octanol–water partition coefficient (Wildman–Crippen LogP) is 3.32. The molecule has 0 saturated heterocycles. The quantitative estimate of drug-likeness (QED) is 0.463. The van der Waals surface area contributed by atoms with E-state index in [2.05, 4.69) is 20.2 Å². The lowest BCUT2D eigenvalue weighted by atomic mass is 10.0. The second-order valence-electron chi connectivity index (χ2n) is 8.30. The van der Waals surface area contributed by atoms with E-state index in [0.717, 1.165) is 25.0 Å². The molecular formula is C22H21F3N6O2. The zero-order valence-electron chi connectivity index (χ0n) is 17.7. The first-order valence-corrected chi connectivity index (χ1v) is 10.7. The summed E-state index contributed by atoms with van der Waals surface area (Å²) in [7, 11) is 0. The maximum Gasteiger partial charge on any atom is 0.416 e. The van der Waals surface area contributed by atoms with Crippen LogP contribution in [0.1, 0.15) is 36.6 Å². The summed E-state index contributed by atoms with van der Waals surface area (Å²) in [6.45, 7) is 2.68. The number of halogens is 3. The normalized spacial score (nSPS) is 14.3. The average molecular weight is 458 g/mol. The number of fused-ring (bicyclic) bond motifs is 1. The maximum absolute atomic E-state index is 13.1. The summed E-state index contributed by atoms with van der Waals surface area (Å²) in [5.41, 5.74) is 0.444. The van der Waals surface area contributed by atoms with Crippen molar-refractivity contribution in [3.8, 4) is 11.4 Å². The van der Waals surface area contributed by atoms with Gasteiger partial charge in [-0.3, -0.25) is 19.4 Å². The van der Waals surface area contributed by atoms with Gasteiger partial charge in [0.1, 0.15) is 5.82 Å². The van der Waals surface area contributed by atoms with Gasteiger partial charge in [0.25, 0.3) is 5.56 Å². The van der Waals surface area contributed by atoms with Gasteiger partial charge in [0.15, 0.2) is 11.2 Å². The van der Waals surface area contributed by atoms with Gasteiger partial charge in [0.05, 0.1) is 23.0 Å². The first kappa shape index (κ1) is 21.2. The van der Waals surface area contributed by atoms with Crippen molar-refractivity contribution in [1.29, 1.82) is 0 Å². The molecule has 0 spiro atoms. The largest absolute Gasteiger partial charge is 0.416 e. The zero-order valence-corrected chi connectivity index (χ0v) is 17.7. The molecular weight excluding hydrogens is 437 g/mol. The van der Waals surface area contributed by atoms with Crippen LogP contribution in [0.2, 0.25) is 0 Å². The molecule has 1 aliphatic rings. The molecule has 11 heteroatoms. The lowest BCUT2D eigenvalue weighted by Crippen LogP contribution is -2.30. The number of rotatable bonds is 6. The number of hydrogen-bond acceptors (Lipinski definition) is 4. The van der Waals surface area contributed by atoms with Gasteiger partial charge in [0.2, 0.25) is 0 Å². The van der Waals surface area contributed by atoms with Gasteiger partial charge in [0, 0.05) is 19.5 Å². The minimum atomic E-state index is -4.43. The lowest BCUT2D eigenvalue weighted by Gasteiger charge is -2.10. The molecule has 0 radical (unpaired) electrons. The van der Waals surface area contributed by atoms with E-state index in [1.54, 1.807) is 23.8 Å². The van der Waals surface area contributed by atoms with E-state index in [-0.39, 0.29) is 12.1 Å². The van der Waals surface area contributed by atoms with Crippen LogP contribution in [0.25, 0.3) is 22.6 Å². The molecule has 4 aromatic rings. The fourth-order valence-corrected chi connectivity index (χ4v) is 4.11. The number of benzene rings is 1. The van der Waals surface area contributed by atoms with Crippen molar-refractivity contribution in [2.24, 2.45) is 5.92 Å². The van der Waals surface area contributed by atoms with Crippen molar-refractivity contribution in [3.05, 3.63) is 68.1 Å². The molecule has 0 amide bonds. The molecule has 0 aliphatic heterocycles. The summed E-state index contributed by atoms with van der Waals surface area (Å²) in [6.07, 6.45) is -0.644. The molecule has 0 bridgehead atoms.